The van der Waals surface area contributed by atoms with Gasteiger partial charge in [-0.2, -0.15) is 0 Å². The van der Waals surface area contributed by atoms with Gasteiger partial charge in [-0.15, -0.1) is 0 Å². The van der Waals surface area contributed by atoms with E-state index in [1.54, 1.807) is 13.2 Å². The number of hydrogen-bond acceptors (Lipinski definition) is 3. The highest BCUT2D eigenvalue weighted by Gasteiger charge is 2.14. The molecule has 1 atom stereocenters. The minimum absolute atomic E-state index is 0.0515. The van der Waals surface area contributed by atoms with E-state index in [0.29, 0.717) is 29.7 Å². The Hall–Kier alpha value is -0.930. The maximum absolute atomic E-state index is 6.09. The lowest BCUT2D eigenvalue weighted by Gasteiger charge is -2.17. The first kappa shape index (κ1) is 16.1. The van der Waals surface area contributed by atoms with Crippen LogP contribution in [0.4, 0.5) is 0 Å². The number of benzene rings is 1. The maximum Gasteiger partial charge on any atom is 0.164 e. The van der Waals surface area contributed by atoms with Crippen LogP contribution in [0, 0.1) is 5.92 Å². The van der Waals surface area contributed by atoms with Gasteiger partial charge in [-0.05, 0) is 31.7 Å². The molecule has 3 nitrogen and oxygen atoms in total. The molecule has 0 saturated carbocycles. The molecule has 108 valence electrons. The molecule has 1 aromatic rings. The molecule has 0 saturated heterocycles. The lowest BCUT2D eigenvalue weighted by atomic mass is 10.1. The Morgan fingerprint density at radius 1 is 1.26 bits per heavy atom. The van der Waals surface area contributed by atoms with Crippen molar-refractivity contribution < 1.29 is 9.47 Å². The van der Waals surface area contributed by atoms with Gasteiger partial charge in [-0.3, -0.25) is 0 Å². The molecule has 1 aromatic carbocycles. The zero-order chi connectivity index (χ0) is 14.4. The molecule has 1 rings (SSSR count). The average Bonchev–Trinajstić information content (AvgIpc) is 2.30. The smallest absolute Gasteiger partial charge is 0.164 e. The van der Waals surface area contributed by atoms with Gasteiger partial charge in [0.1, 0.15) is 0 Å². The van der Waals surface area contributed by atoms with Gasteiger partial charge in [-0.25, -0.2) is 0 Å². The van der Waals surface area contributed by atoms with Crippen molar-refractivity contribution in [3.63, 3.8) is 0 Å². The zero-order valence-corrected chi connectivity index (χ0v) is 13.0. The number of hydrogen-bond donors (Lipinski definition) is 1. The molecule has 1 unspecified atom stereocenters. The van der Waals surface area contributed by atoms with Crippen molar-refractivity contribution in [2.24, 2.45) is 11.7 Å². The molecular formula is C15H24ClNO2. The van der Waals surface area contributed by atoms with Gasteiger partial charge in [0.05, 0.1) is 13.7 Å². The predicted molar refractivity (Wildman–Crippen MR) is 80.3 cm³/mol. The van der Waals surface area contributed by atoms with Crippen LogP contribution in [-0.4, -0.2) is 19.8 Å². The van der Waals surface area contributed by atoms with Crippen LogP contribution >= 0.6 is 11.6 Å². The number of nitrogens with two attached hydrogens (primary N) is 1. The molecule has 19 heavy (non-hydrogen) atoms. The number of halogens is 1. The largest absolute Gasteiger partial charge is 0.493 e. The quantitative estimate of drug-likeness (QED) is 0.831. The maximum atomic E-state index is 6.09. The normalized spacial score (nSPS) is 12.6. The van der Waals surface area contributed by atoms with Crippen LogP contribution in [0.2, 0.25) is 5.02 Å². The molecule has 0 aliphatic heterocycles. The summed E-state index contributed by atoms with van der Waals surface area (Å²) in [6.45, 7) is 6.98. The molecule has 0 radical (unpaired) electrons. The third-order valence-electron chi connectivity index (χ3n) is 2.80. The second-order valence-corrected chi connectivity index (χ2v) is 5.75. The van der Waals surface area contributed by atoms with Crippen molar-refractivity contribution in [1.29, 1.82) is 0 Å². The molecule has 2 N–H and O–H groups in total. The molecule has 0 spiro atoms. The zero-order valence-electron chi connectivity index (χ0n) is 12.2. The molecule has 0 aliphatic rings. The summed E-state index contributed by atoms with van der Waals surface area (Å²) in [6.07, 6.45) is 1.72. The van der Waals surface area contributed by atoms with Gasteiger partial charge < -0.3 is 15.2 Å². The van der Waals surface area contributed by atoms with Crippen molar-refractivity contribution in [3.05, 3.63) is 22.7 Å². The molecule has 0 aliphatic carbocycles. The fraction of sp³-hybridized carbons (Fsp3) is 0.600. The third kappa shape index (κ3) is 5.29. The highest BCUT2D eigenvalue weighted by atomic mass is 35.5. The Bertz CT molecular complexity index is 405. The summed E-state index contributed by atoms with van der Waals surface area (Å²) >= 11 is 6.09. The first-order valence-electron chi connectivity index (χ1n) is 6.68. The number of methoxy groups -OCH3 is 1. The van der Waals surface area contributed by atoms with Crippen molar-refractivity contribution in [2.75, 3.05) is 13.7 Å². The van der Waals surface area contributed by atoms with E-state index in [1.165, 1.54) is 0 Å². The fourth-order valence-corrected chi connectivity index (χ4v) is 2.06. The molecule has 0 aromatic heterocycles. The van der Waals surface area contributed by atoms with E-state index >= 15 is 0 Å². The van der Waals surface area contributed by atoms with Crippen molar-refractivity contribution in [3.8, 4) is 11.5 Å². The van der Waals surface area contributed by atoms with Crippen LogP contribution < -0.4 is 15.2 Å². The first-order chi connectivity index (χ1) is 8.93. The van der Waals surface area contributed by atoms with Crippen LogP contribution in [-0.2, 0) is 6.42 Å². The Morgan fingerprint density at radius 3 is 2.47 bits per heavy atom. The lowest BCUT2D eigenvalue weighted by Crippen LogP contribution is -2.18. The minimum Gasteiger partial charge on any atom is -0.493 e. The van der Waals surface area contributed by atoms with Crippen molar-refractivity contribution in [2.45, 2.75) is 39.7 Å². The summed E-state index contributed by atoms with van der Waals surface area (Å²) in [7, 11) is 1.62. The van der Waals surface area contributed by atoms with Crippen LogP contribution in [0.5, 0.6) is 11.5 Å². The molecule has 0 amide bonds. The predicted octanol–water partition coefficient (Wildman–Crippen LogP) is 3.66. The molecule has 0 heterocycles. The summed E-state index contributed by atoms with van der Waals surface area (Å²) < 4.78 is 11.2. The standard InChI is InChI=1S/C15H24ClNO2/c1-10(2)5-6-19-15-12(7-11(3)17)8-13(16)9-14(15)18-4/h8-11H,5-7,17H2,1-4H3. The molecule has 4 heteroatoms. The summed E-state index contributed by atoms with van der Waals surface area (Å²) in [5, 5.41) is 0.642. The highest BCUT2D eigenvalue weighted by molar-refractivity contribution is 6.30. The molecule has 0 fully saturated rings. The van der Waals surface area contributed by atoms with Gasteiger partial charge in [0, 0.05) is 22.7 Å². The summed E-state index contributed by atoms with van der Waals surface area (Å²) in [4.78, 5) is 0. The lowest BCUT2D eigenvalue weighted by molar-refractivity contribution is 0.270. The fourth-order valence-electron chi connectivity index (χ4n) is 1.83. The van der Waals surface area contributed by atoms with E-state index in [-0.39, 0.29) is 6.04 Å². The van der Waals surface area contributed by atoms with E-state index in [4.69, 9.17) is 26.8 Å². The van der Waals surface area contributed by atoms with Gasteiger partial charge in [0.15, 0.2) is 11.5 Å². The highest BCUT2D eigenvalue weighted by Crippen LogP contribution is 2.35. The van der Waals surface area contributed by atoms with E-state index in [0.717, 1.165) is 17.7 Å². The minimum atomic E-state index is 0.0515. The van der Waals surface area contributed by atoms with Crippen molar-refractivity contribution >= 4 is 11.6 Å². The summed E-state index contributed by atoms with van der Waals surface area (Å²) in [6, 6.07) is 3.73. The van der Waals surface area contributed by atoms with Crippen LogP contribution in [0.1, 0.15) is 32.8 Å². The Kier molecular flexibility index (Phi) is 6.46. The van der Waals surface area contributed by atoms with Gasteiger partial charge in [0.2, 0.25) is 0 Å². The van der Waals surface area contributed by atoms with E-state index in [9.17, 15) is 0 Å². The van der Waals surface area contributed by atoms with Crippen LogP contribution in [0.15, 0.2) is 12.1 Å². The van der Waals surface area contributed by atoms with Gasteiger partial charge in [-0.1, -0.05) is 25.4 Å². The summed E-state index contributed by atoms with van der Waals surface area (Å²) in [5.74, 6) is 2.05. The Morgan fingerprint density at radius 2 is 1.95 bits per heavy atom. The van der Waals surface area contributed by atoms with Crippen LogP contribution in [0.3, 0.4) is 0 Å². The number of rotatable bonds is 7. The van der Waals surface area contributed by atoms with Gasteiger partial charge in [0.25, 0.3) is 0 Å². The second kappa shape index (κ2) is 7.61. The third-order valence-corrected chi connectivity index (χ3v) is 3.02. The molecule has 0 bridgehead atoms. The van der Waals surface area contributed by atoms with E-state index in [1.807, 2.05) is 13.0 Å². The Balaban J connectivity index is 2.95. The monoisotopic (exact) mass is 285 g/mol. The topological polar surface area (TPSA) is 44.5 Å². The first-order valence-corrected chi connectivity index (χ1v) is 7.06. The molecular weight excluding hydrogens is 262 g/mol. The van der Waals surface area contributed by atoms with E-state index in [2.05, 4.69) is 13.8 Å². The Labute approximate surface area is 121 Å². The second-order valence-electron chi connectivity index (χ2n) is 5.31. The summed E-state index contributed by atoms with van der Waals surface area (Å²) in [5.41, 5.74) is 6.88. The SMILES string of the molecule is COc1cc(Cl)cc(CC(C)N)c1OCCC(C)C. The van der Waals surface area contributed by atoms with E-state index < -0.39 is 0 Å². The average molecular weight is 286 g/mol. The van der Waals surface area contributed by atoms with Gasteiger partial charge >= 0.3 is 0 Å². The van der Waals surface area contributed by atoms with Crippen LogP contribution in [0.25, 0.3) is 0 Å². The number of ether oxygens (including phenoxy) is 2. The van der Waals surface area contributed by atoms with Crippen molar-refractivity contribution in [1.82, 2.24) is 0 Å².